The molecule has 1 heterocycles. The summed E-state index contributed by atoms with van der Waals surface area (Å²) < 4.78 is 26.7. The molecule has 0 bridgehead atoms. The normalized spacial score (nSPS) is 11.9. The average Bonchev–Trinajstić information content (AvgIpc) is 3.27. The highest BCUT2D eigenvalue weighted by molar-refractivity contribution is 5.88. The lowest BCUT2D eigenvalue weighted by Gasteiger charge is -2.10. The first-order chi connectivity index (χ1) is 14.5. The standard InChI is InChI=1S/C22H22N2O6/c1-14(21-23-24-22(30-21)16-8-11-17(26-2)12-9-16)29-19(25)13-10-15-6-5-7-18(27-3)20(15)28-4/h5-14H,1-4H3/b13-10+/t14-/m0/s1. The van der Waals surface area contributed by atoms with Gasteiger partial charge in [-0.3, -0.25) is 0 Å². The largest absolute Gasteiger partial charge is 0.497 e. The molecule has 1 aromatic heterocycles. The molecular formula is C22H22N2O6. The minimum absolute atomic E-state index is 0.196. The molecule has 156 valence electrons. The summed E-state index contributed by atoms with van der Waals surface area (Å²) in [6, 6.07) is 12.6. The van der Waals surface area contributed by atoms with E-state index in [4.69, 9.17) is 23.4 Å². The van der Waals surface area contributed by atoms with Gasteiger partial charge in [-0.25, -0.2) is 4.79 Å². The average molecular weight is 410 g/mol. The Balaban J connectivity index is 1.66. The maximum Gasteiger partial charge on any atom is 0.331 e. The second kappa shape index (κ2) is 9.60. The van der Waals surface area contributed by atoms with E-state index >= 15 is 0 Å². The van der Waals surface area contributed by atoms with Crippen LogP contribution in [0.3, 0.4) is 0 Å². The van der Waals surface area contributed by atoms with E-state index in [1.165, 1.54) is 13.2 Å². The Labute approximate surface area is 174 Å². The van der Waals surface area contributed by atoms with Gasteiger partial charge in [0.05, 0.1) is 21.3 Å². The van der Waals surface area contributed by atoms with Crippen molar-refractivity contribution in [2.24, 2.45) is 0 Å². The van der Waals surface area contributed by atoms with Crippen LogP contribution in [0.2, 0.25) is 0 Å². The van der Waals surface area contributed by atoms with Gasteiger partial charge in [-0.15, -0.1) is 10.2 Å². The Morgan fingerprint density at radius 1 is 1.00 bits per heavy atom. The monoisotopic (exact) mass is 410 g/mol. The number of esters is 1. The summed E-state index contributed by atoms with van der Waals surface area (Å²) in [5, 5.41) is 7.98. The smallest absolute Gasteiger partial charge is 0.331 e. The molecule has 0 fully saturated rings. The lowest BCUT2D eigenvalue weighted by atomic mass is 10.1. The van der Waals surface area contributed by atoms with E-state index < -0.39 is 12.1 Å². The minimum Gasteiger partial charge on any atom is -0.497 e. The van der Waals surface area contributed by atoms with E-state index in [1.807, 2.05) is 0 Å². The summed E-state index contributed by atoms with van der Waals surface area (Å²) >= 11 is 0. The predicted octanol–water partition coefficient (Wildman–Crippen LogP) is 4.08. The zero-order valence-electron chi connectivity index (χ0n) is 17.1. The fourth-order valence-corrected chi connectivity index (χ4v) is 2.71. The number of carbonyl (C=O) groups is 1. The molecule has 8 nitrogen and oxygen atoms in total. The molecule has 0 radical (unpaired) electrons. The van der Waals surface area contributed by atoms with Crippen LogP contribution < -0.4 is 14.2 Å². The van der Waals surface area contributed by atoms with Gasteiger partial charge in [0.1, 0.15) is 5.75 Å². The van der Waals surface area contributed by atoms with Gasteiger partial charge in [-0.2, -0.15) is 0 Å². The van der Waals surface area contributed by atoms with Gasteiger partial charge in [-0.05, 0) is 43.3 Å². The van der Waals surface area contributed by atoms with Gasteiger partial charge in [0, 0.05) is 17.2 Å². The molecule has 30 heavy (non-hydrogen) atoms. The Bertz CT molecular complexity index is 1030. The van der Waals surface area contributed by atoms with Crippen LogP contribution in [0, 0.1) is 0 Å². The van der Waals surface area contributed by atoms with Crippen LogP contribution in [-0.2, 0) is 9.53 Å². The van der Waals surface area contributed by atoms with Gasteiger partial charge in [0.15, 0.2) is 17.6 Å². The molecular weight excluding hydrogens is 388 g/mol. The number of para-hydroxylation sites is 1. The number of carbonyl (C=O) groups excluding carboxylic acids is 1. The van der Waals surface area contributed by atoms with Gasteiger partial charge < -0.3 is 23.4 Å². The molecule has 0 unspecified atom stereocenters. The lowest BCUT2D eigenvalue weighted by molar-refractivity contribution is -0.143. The molecule has 2 aromatic carbocycles. The van der Waals surface area contributed by atoms with Crippen LogP contribution in [0.1, 0.15) is 24.5 Å². The van der Waals surface area contributed by atoms with Crippen molar-refractivity contribution in [2.75, 3.05) is 21.3 Å². The van der Waals surface area contributed by atoms with E-state index in [0.29, 0.717) is 23.0 Å². The number of hydrogen-bond acceptors (Lipinski definition) is 8. The predicted molar refractivity (Wildman–Crippen MR) is 109 cm³/mol. The second-order valence-electron chi connectivity index (χ2n) is 6.17. The van der Waals surface area contributed by atoms with Crippen LogP contribution >= 0.6 is 0 Å². The van der Waals surface area contributed by atoms with E-state index in [1.54, 1.807) is 69.7 Å². The van der Waals surface area contributed by atoms with Gasteiger partial charge in [0.25, 0.3) is 5.89 Å². The third-order valence-electron chi connectivity index (χ3n) is 4.25. The third kappa shape index (κ3) is 4.78. The zero-order valence-corrected chi connectivity index (χ0v) is 17.1. The molecule has 0 aliphatic carbocycles. The molecule has 0 N–H and O–H groups in total. The number of nitrogens with zero attached hydrogens (tertiary/aromatic N) is 2. The molecule has 0 saturated carbocycles. The summed E-state index contributed by atoms with van der Waals surface area (Å²) in [6.07, 6.45) is 2.18. The molecule has 8 heteroatoms. The first kappa shape index (κ1) is 20.9. The summed E-state index contributed by atoms with van der Waals surface area (Å²) in [4.78, 5) is 12.2. The van der Waals surface area contributed by atoms with Crippen molar-refractivity contribution in [3.05, 3.63) is 60.0 Å². The number of ether oxygens (including phenoxy) is 4. The SMILES string of the molecule is COc1ccc(-c2nnc([C@H](C)OC(=O)/C=C/c3cccc(OC)c3OC)o2)cc1. The summed E-state index contributed by atoms with van der Waals surface area (Å²) in [5.41, 5.74) is 1.42. The summed E-state index contributed by atoms with van der Waals surface area (Å²) in [5.74, 6) is 1.78. The highest BCUT2D eigenvalue weighted by Crippen LogP contribution is 2.31. The highest BCUT2D eigenvalue weighted by Gasteiger charge is 2.18. The number of rotatable bonds is 8. The second-order valence-corrected chi connectivity index (χ2v) is 6.17. The van der Waals surface area contributed by atoms with Gasteiger partial charge in [-0.1, -0.05) is 12.1 Å². The molecule has 0 aliphatic rings. The fourth-order valence-electron chi connectivity index (χ4n) is 2.71. The molecule has 0 aliphatic heterocycles. The maximum absolute atomic E-state index is 12.2. The Morgan fingerprint density at radius 3 is 2.43 bits per heavy atom. The van der Waals surface area contributed by atoms with Crippen molar-refractivity contribution >= 4 is 12.0 Å². The molecule has 1 atom stereocenters. The molecule has 0 spiro atoms. The van der Waals surface area contributed by atoms with Gasteiger partial charge >= 0.3 is 5.97 Å². The Hall–Kier alpha value is -3.81. The fraction of sp³-hybridized carbons (Fsp3) is 0.227. The molecule has 3 rings (SSSR count). The first-order valence-corrected chi connectivity index (χ1v) is 9.13. The van der Waals surface area contributed by atoms with Crippen molar-refractivity contribution in [2.45, 2.75) is 13.0 Å². The third-order valence-corrected chi connectivity index (χ3v) is 4.25. The molecule has 0 saturated heterocycles. The van der Waals surface area contributed by atoms with Crippen molar-refractivity contribution in [1.82, 2.24) is 10.2 Å². The van der Waals surface area contributed by atoms with E-state index in [0.717, 1.165) is 11.3 Å². The Kier molecular flexibility index (Phi) is 6.69. The highest BCUT2D eigenvalue weighted by atomic mass is 16.6. The van der Waals surface area contributed by atoms with Crippen molar-refractivity contribution in [3.63, 3.8) is 0 Å². The van der Waals surface area contributed by atoms with Crippen LogP contribution in [0.15, 0.2) is 53.0 Å². The number of hydrogen-bond donors (Lipinski definition) is 0. The van der Waals surface area contributed by atoms with E-state index in [-0.39, 0.29) is 5.89 Å². The summed E-state index contributed by atoms with van der Waals surface area (Å²) in [6.45, 7) is 1.66. The summed E-state index contributed by atoms with van der Waals surface area (Å²) in [7, 11) is 4.67. The zero-order chi connectivity index (χ0) is 21.5. The molecule has 0 amide bonds. The van der Waals surface area contributed by atoms with Crippen LogP contribution in [-0.4, -0.2) is 37.5 Å². The van der Waals surface area contributed by atoms with Crippen LogP contribution in [0.4, 0.5) is 0 Å². The molecule has 3 aromatic rings. The van der Waals surface area contributed by atoms with Crippen LogP contribution in [0.5, 0.6) is 17.2 Å². The van der Waals surface area contributed by atoms with E-state index in [2.05, 4.69) is 10.2 Å². The number of benzene rings is 2. The number of aromatic nitrogens is 2. The van der Waals surface area contributed by atoms with Crippen LogP contribution in [0.25, 0.3) is 17.5 Å². The maximum atomic E-state index is 12.2. The quantitative estimate of drug-likeness (QED) is 0.405. The van der Waals surface area contributed by atoms with E-state index in [9.17, 15) is 4.79 Å². The lowest BCUT2D eigenvalue weighted by Crippen LogP contribution is -2.06. The van der Waals surface area contributed by atoms with Crippen molar-refractivity contribution < 1.29 is 28.2 Å². The Morgan fingerprint density at radius 2 is 1.77 bits per heavy atom. The minimum atomic E-state index is -0.714. The topological polar surface area (TPSA) is 92.9 Å². The van der Waals surface area contributed by atoms with Crippen molar-refractivity contribution in [3.8, 4) is 28.7 Å². The van der Waals surface area contributed by atoms with Crippen molar-refractivity contribution in [1.29, 1.82) is 0 Å². The number of methoxy groups -OCH3 is 3. The van der Waals surface area contributed by atoms with Gasteiger partial charge in [0.2, 0.25) is 5.89 Å². The first-order valence-electron chi connectivity index (χ1n) is 9.13.